The molecular formula is C29H29F2N7O4. The molecule has 3 aliphatic heterocycles. The monoisotopic (exact) mass is 577 g/mol. The number of alkyl halides is 2. The van der Waals surface area contributed by atoms with Gasteiger partial charge in [-0.15, -0.1) is 0 Å². The van der Waals surface area contributed by atoms with Crippen LogP contribution in [0, 0.1) is 0 Å². The summed E-state index contributed by atoms with van der Waals surface area (Å²) in [6.45, 7) is 2.78. The van der Waals surface area contributed by atoms with Gasteiger partial charge in [0.15, 0.2) is 5.69 Å². The Bertz CT molecular complexity index is 1650. The summed E-state index contributed by atoms with van der Waals surface area (Å²) in [7, 11) is 0. The molecule has 1 aromatic carbocycles. The van der Waals surface area contributed by atoms with Gasteiger partial charge >= 0.3 is 5.97 Å². The number of nitrogens with one attached hydrogen (secondary N) is 1. The summed E-state index contributed by atoms with van der Waals surface area (Å²) < 4.78 is 36.9. The van der Waals surface area contributed by atoms with E-state index in [-0.39, 0.29) is 29.0 Å². The highest BCUT2D eigenvalue weighted by Gasteiger charge is 2.39. The zero-order chi connectivity index (χ0) is 29.0. The first-order valence-electron chi connectivity index (χ1n) is 14.0. The molecular weight excluding hydrogens is 548 g/mol. The van der Waals surface area contributed by atoms with Crippen LogP contribution in [0.1, 0.15) is 58.1 Å². The number of halogens is 2. The van der Waals surface area contributed by atoms with E-state index in [0.717, 1.165) is 24.3 Å². The van der Waals surface area contributed by atoms with E-state index in [2.05, 4.69) is 25.3 Å². The third-order valence-electron chi connectivity index (χ3n) is 8.52. The minimum absolute atomic E-state index is 0.0220. The maximum absolute atomic E-state index is 14.0. The Morgan fingerprint density at radius 2 is 1.86 bits per heavy atom. The number of nitrogens with zero attached hydrogens (tertiary/aromatic N) is 6. The van der Waals surface area contributed by atoms with Crippen molar-refractivity contribution >= 4 is 34.5 Å². The number of hydrogen-bond acceptors (Lipinski definition) is 7. The van der Waals surface area contributed by atoms with Crippen LogP contribution in [0.25, 0.3) is 5.52 Å². The van der Waals surface area contributed by atoms with Gasteiger partial charge in [-0.05, 0) is 55.7 Å². The molecule has 0 radical (unpaired) electrons. The lowest BCUT2D eigenvalue weighted by atomic mass is 10.0. The molecule has 0 aliphatic carbocycles. The number of piperidine rings is 1. The molecule has 2 N–H and O–H groups in total. The second-order valence-electron chi connectivity index (χ2n) is 11.0. The van der Waals surface area contributed by atoms with Gasteiger partial charge in [-0.3, -0.25) is 9.48 Å². The van der Waals surface area contributed by atoms with Crippen molar-refractivity contribution in [2.24, 2.45) is 0 Å². The molecule has 11 nitrogen and oxygen atoms in total. The highest BCUT2D eigenvalue weighted by atomic mass is 19.3. The van der Waals surface area contributed by atoms with Crippen LogP contribution in [0.4, 0.5) is 25.8 Å². The number of hydrogen-bond donors (Lipinski definition) is 2. The lowest BCUT2D eigenvalue weighted by Crippen LogP contribution is -2.36. The van der Waals surface area contributed by atoms with E-state index in [1.54, 1.807) is 35.0 Å². The highest BCUT2D eigenvalue weighted by Crippen LogP contribution is 2.34. The van der Waals surface area contributed by atoms with E-state index in [9.17, 15) is 18.4 Å². The molecule has 0 unspecified atom stereocenters. The molecule has 7 rings (SSSR count). The number of carboxylic acid groups (broad SMARTS) is 1. The van der Waals surface area contributed by atoms with Gasteiger partial charge in [0.1, 0.15) is 0 Å². The zero-order valence-corrected chi connectivity index (χ0v) is 22.6. The normalized spacial score (nSPS) is 20.6. The van der Waals surface area contributed by atoms with Crippen molar-refractivity contribution in [2.45, 2.75) is 43.9 Å². The third kappa shape index (κ3) is 4.73. The Morgan fingerprint density at radius 3 is 2.52 bits per heavy atom. The van der Waals surface area contributed by atoms with Crippen LogP contribution in [0.2, 0.25) is 0 Å². The lowest BCUT2D eigenvalue weighted by molar-refractivity contribution is 0.0696. The van der Waals surface area contributed by atoms with Crippen LogP contribution in [-0.4, -0.2) is 74.8 Å². The molecule has 3 aromatic heterocycles. The van der Waals surface area contributed by atoms with Crippen molar-refractivity contribution in [1.29, 1.82) is 0 Å². The number of aromatic nitrogens is 4. The number of amides is 1. The molecule has 2 atom stereocenters. The third-order valence-corrected chi connectivity index (χ3v) is 8.52. The Morgan fingerprint density at radius 1 is 1.07 bits per heavy atom. The van der Waals surface area contributed by atoms with Gasteiger partial charge in [0.2, 0.25) is 0 Å². The largest absolute Gasteiger partial charge is 0.478 e. The van der Waals surface area contributed by atoms with Crippen molar-refractivity contribution in [3.8, 4) is 0 Å². The van der Waals surface area contributed by atoms with Crippen LogP contribution in [-0.2, 0) is 4.74 Å². The Hall–Kier alpha value is -4.52. The molecule has 0 spiro atoms. The Kier molecular flexibility index (Phi) is 6.53. The Balaban J connectivity index is 1.07. The predicted molar refractivity (Wildman–Crippen MR) is 150 cm³/mol. The number of benzene rings is 1. The van der Waals surface area contributed by atoms with Crippen LogP contribution in [0.5, 0.6) is 0 Å². The quantitative estimate of drug-likeness (QED) is 0.335. The average Bonchev–Trinajstić information content (AvgIpc) is 3.80. The van der Waals surface area contributed by atoms with E-state index >= 15 is 0 Å². The van der Waals surface area contributed by atoms with Crippen molar-refractivity contribution in [3.63, 3.8) is 0 Å². The van der Waals surface area contributed by atoms with Crippen LogP contribution in [0.3, 0.4) is 0 Å². The van der Waals surface area contributed by atoms with E-state index in [4.69, 9.17) is 9.84 Å². The average molecular weight is 578 g/mol. The van der Waals surface area contributed by atoms with Crippen LogP contribution in [0.15, 0.2) is 55.0 Å². The molecule has 4 aromatic rings. The number of anilines is 3. The first-order valence-corrected chi connectivity index (χ1v) is 14.0. The number of carboxylic acids is 1. The topological polar surface area (TPSA) is 117 Å². The van der Waals surface area contributed by atoms with Gasteiger partial charge < -0.3 is 25.0 Å². The van der Waals surface area contributed by atoms with Crippen molar-refractivity contribution in [1.82, 2.24) is 19.4 Å². The first-order chi connectivity index (χ1) is 20.3. The summed E-state index contributed by atoms with van der Waals surface area (Å²) in [5, 5.41) is 20.3. The number of morpholine rings is 1. The van der Waals surface area contributed by atoms with Crippen molar-refractivity contribution < 1.29 is 28.2 Å². The van der Waals surface area contributed by atoms with Crippen LogP contribution >= 0.6 is 0 Å². The molecule has 3 saturated heterocycles. The maximum atomic E-state index is 14.0. The number of ether oxygens (including phenoxy) is 1. The molecule has 13 heteroatoms. The van der Waals surface area contributed by atoms with Crippen molar-refractivity contribution in [2.75, 3.05) is 41.4 Å². The smallest absolute Gasteiger partial charge is 0.335 e. The minimum atomic E-state index is -2.86. The van der Waals surface area contributed by atoms with Gasteiger partial charge in [0, 0.05) is 43.4 Å². The van der Waals surface area contributed by atoms with Crippen LogP contribution < -0.4 is 15.1 Å². The number of rotatable bonds is 7. The second-order valence-corrected chi connectivity index (χ2v) is 11.0. The molecule has 0 saturated carbocycles. The van der Waals surface area contributed by atoms with Gasteiger partial charge in [-0.2, -0.15) is 10.2 Å². The molecule has 3 fully saturated rings. The van der Waals surface area contributed by atoms with E-state index in [0.29, 0.717) is 44.1 Å². The second kappa shape index (κ2) is 10.4. The highest BCUT2D eigenvalue weighted by molar-refractivity contribution is 6.09. The Labute approximate surface area is 239 Å². The lowest BCUT2D eigenvalue weighted by Gasteiger charge is -2.33. The van der Waals surface area contributed by atoms with E-state index in [1.807, 2.05) is 12.1 Å². The molecule has 1 amide bonds. The summed E-state index contributed by atoms with van der Waals surface area (Å²) in [5.41, 5.74) is 2.47. The maximum Gasteiger partial charge on any atom is 0.335 e. The molecule has 218 valence electrons. The fraction of sp³-hybridized carbons (Fsp3) is 0.379. The van der Waals surface area contributed by atoms with Gasteiger partial charge in [-0.1, -0.05) is 0 Å². The van der Waals surface area contributed by atoms with E-state index < -0.39 is 24.0 Å². The first kappa shape index (κ1) is 26.4. The molecule has 42 heavy (non-hydrogen) atoms. The zero-order valence-electron chi connectivity index (χ0n) is 22.6. The summed E-state index contributed by atoms with van der Waals surface area (Å²) in [4.78, 5) is 28.9. The van der Waals surface area contributed by atoms with Gasteiger partial charge in [-0.25, -0.2) is 18.1 Å². The summed E-state index contributed by atoms with van der Waals surface area (Å²) in [6.07, 6.45) is 4.37. The van der Waals surface area contributed by atoms with E-state index in [1.165, 1.54) is 17.1 Å². The minimum Gasteiger partial charge on any atom is -0.478 e. The number of aromatic carboxylic acids is 1. The standard InChI is InChI=1S/C29H29F2N7O4/c30-27(31)26-24(15-38(34-26)19-5-8-35(9-6-19)18-3-1-17(2-4-18)29(40)41)33-28(39)23-13-32-37-10-7-20(12-25(23)37)36-14-22-11-21(36)16-42-22/h1-4,7,10,12-13,15,19,21-22,27H,5-6,8-9,11,14,16H2,(H,33,39)(H,40,41)/t21-,22-/m1/s1. The number of fused-ring (bicyclic) bond motifs is 3. The summed E-state index contributed by atoms with van der Waals surface area (Å²) >= 11 is 0. The SMILES string of the molecule is O=C(O)c1ccc(N2CCC(n3cc(NC(=O)c4cnn5ccc(N6C[C@H]7C[C@@H]6CO7)cc45)c(C(F)F)n3)CC2)cc1. The predicted octanol–water partition coefficient (Wildman–Crippen LogP) is 4.24. The van der Waals surface area contributed by atoms with Gasteiger partial charge in [0.25, 0.3) is 12.3 Å². The van der Waals surface area contributed by atoms with Gasteiger partial charge in [0.05, 0.1) is 53.3 Å². The fourth-order valence-electron chi connectivity index (χ4n) is 6.28. The summed E-state index contributed by atoms with van der Waals surface area (Å²) in [5.74, 6) is -1.51. The van der Waals surface area contributed by atoms with Crippen molar-refractivity contribution in [3.05, 3.63) is 71.8 Å². The molecule has 2 bridgehead atoms. The number of carbonyl (C=O) groups excluding carboxylic acids is 1. The molecule has 6 heterocycles. The number of pyridine rings is 1. The summed E-state index contributed by atoms with van der Waals surface area (Å²) in [6, 6.07) is 10.7. The molecule has 3 aliphatic rings. The fourth-order valence-corrected chi connectivity index (χ4v) is 6.28. The number of carbonyl (C=O) groups is 2.